The molecule has 0 aliphatic carbocycles. The number of phenolic OH excluding ortho intramolecular Hbond substituents is 1. The highest BCUT2D eigenvalue weighted by atomic mass is 32.2. The molecule has 0 atom stereocenters. The summed E-state index contributed by atoms with van der Waals surface area (Å²) in [5.41, 5.74) is 0.329. The molecule has 3 aromatic rings. The van der Waals surface area contributed by atoms with Gasteiger partial charge in [-0.05, 0) is 18.2 Å². The van der Waals surface area contributed by atoms with E-state index in [0.717, 1.165) is 4.90 Å². The smallest absolute Gasteiger partial charge is 0.295 e. The zero-order valence-corrected chi connectivity index (χ0v) is 11.6. The van der Waals surface area contributed by atoms with E-state index < -0.39 is 4.92 Å². The van der Waals surface area contributed by atoms with E-state index in [1.54, 1.807) is 36.4 Å². The van der Waals surface area contributed by atoms with Gasteiger partial charge in [-0.1, -0.05) is 36.0 Å². The third kappa shape index (κ3) is 2.53. The Balaban J connectivity index is 2.14. The van der Waals surface area contributed by atoms with Crippen molar-refractivity contribution in [2.24, 2.45) is 0 Å². The molecule has 21 heavy (non-hydrogen) atoms. The van der Waals surface area contributed by atoms with Crippen LogP contribution in [0.4, 0.5) is 5.69 Å². The van der Waals surface area contributed by atoms with E-state index in [0.29, 0.717) is 15.8 Å². The predicted octanol–water partition coefficient (Wildman–Crippen LogP) is 4.00. The van der Waals surface area contributed by atoms with Gasteiger partial charge in [-0.15, -0.1) is 0 Å². The molecule has 2 aromatic carbocycles. The van der Waals surface area contributed by atoms with Crippen LogP contribution in [-0.2, 0) is 0 Å². The molecular weight excluding hydrogens is 288 g/mol. The number of aromatic nitrogens is 1. The first kappa shape index (κ1) is 13.4. The van der Waals surface area contributed by atoms with Crippen LogP contribution in [0.2, 0.25) is 0 Å². The van der Waals surface area contributed by atoms with Crippen LogP contribution < -0.4 is 0 Å². The SMILES string of the molecule is O=[N+]([O-])c1cccc2c(Sc3ccccc3O)ccnc12. The van der Waals surface area contributed by atoms with E-state index in [9.17, 15) is 15.2 Å². The highest BCUT2D eigenvalue weighted by Gasteiger charge is 2.15. The summed E-state index contributed by atoms with van der Waals surface area (Å²) in [4.78, 5) is 16.2. The largest absolute Gasteiger partial charge is 0.507 e. The van der Waals surface area contributed by atoms with E-state index >= 15 is 0 Å². The van der Waals surface area contributed by atoms with Gasteiger partial charge in [0.05, 0.1) is 9.82 Å². The van der Waals surface area contributed by atoms with Gasteiger partial charge in [0, 0.05) is 22.5 Å². The van der Waals surface area contributed by atoms with Gasteiger partial charge < -0.3 is 5.11 Å². The lowest BCUT2D eigenvalue weighted by molar-refractivity contribution is -0.383. The van der Waals surface area contributed by atoms with Crippen molar-refractivity contribution in [3.05, 3.63) is 64.8 Å². The van der Waals surface area contributed by atoms with Crippen LogP contribution in [0.3, 0.4) is 0 Å². The molecule has 1 aromatic heterocycles. The maximum Gasteiger partial charge on any atom is 0.295 e. The molecule has 0 aliphatic heterocycles. The van der Waals surface area contributed by atoms with Crippen molar-refractivity contribution in [1.82, 2.24) is 4.98 Å². The van der Waals surface area contributed by atoms with Gasteiger partial charge in [0.15, 0.2) is 0 Å². The first-order chi connectivity index (χ1) is 10.2. The summed E-state index contributed by atoms with van der Waals surface area (Å²) in [5.74, 6) is 0.179. The molecule has 5 nitrogen and oxygen atoms in total. The predicted molar refractivity (Wildman–Crippen MR) is 80.6 cm³/mol. The molecule has 6 heteroatoms. The third-order valence-electron chi connectivity index (χ3n) is 2.99. The van der Waals surface area contributed by atoms with Crippen LogP contribution >= 0.6 is 11.8 Å². The Bertz CT molecular complexity index is 836. The van der Waals surface area contributed by atoms with Crippen LogP contribution in [0.5, 0.6) is 5.75 Å². The molecule has 0 unspecified atom stereocenters. The fourth-order valence-corrected chi connectivity index (χ4v) is 2.99. The molecule has 0 saturated heterocycles. The van der Waals surface area contributed by atoms with Crippen LogP contribution in [0.15, 0.2) is 64.5 Å². The Labute approximate surface area is 124 Å². The van der Waals surface area contributed by atoms with Gasteiger partial charge in [0.2, 0.25) is 0 Å². The quantitative estimate of drug-likeness (QED) is 0.584. The van der Waals surface area contributed by atoms with Crippen LogP contribution in [-0.4, -0.2) is 15.0 Å². The lowest BCUT2D eigenvalue weighted by Gasteiger charge is -2.07. The van der Waals surface area contributed by atoms with Crippen LogP contribution in [0, 0.1) is 10.1 Å². The first-order valence-corrected chi connectivity index (χ1v) is 6.96. The monoisotopic (exact) mass is 298 g/mol. The molecule has 104 valence electrons. The number of non-ortho nitro benzene ring substituents is 1. The summed E-state index contributed by atoms with van der Waals surface area (Å²) in [6, 6.07) is 13.6. The topological polar surface area (TPSA) is 76.3 Å². The molecule has 1 N–H and O–H groups in total. The van der Waals surface area contributed by atoms with Crippen LogP contribution in [0.25, 0.3) is 10.9 Å². The number of phenols is 1. The lowest BCUT2D eigenvalue weighted by Crippen LogP contribution is -1.92. The summed E-state index contributed by atoms with van der Waals surface area (Å²) < 4.78 is 0. The Morgan fingerprint density at radius 1 is 1.05 bits per heavy atom. The molecule has 0 bridgehead atoms. The van der Waals surface area contributed by atoms with Crippen molar-refractivity contribution in [2.45, 2.75) is 9.79 Å². The summed E-state index contributed by atoms with van der Waals surface area (Å²) in [6.45, 7) is 0. The van der Waals surface area contributed by atoms with Gasteiger partial charge in [0.25, 0.3) is 5.69 Å². The summed E-state index contributed by atoms with van der Waals surface area (Å²) in [6.07, 6.45) is 1.54. The highest BCUT2D eigenvalue weighted by Crippen LogP contribution is 2.38. The fourth-order valence-electron chi connectivity index (χ4n) is 2.03. The minimum atomic E-state index is -0.441. The van der Waals surface area contributed by atoms with E-state index in [4.69, 9.17) is 0 Å². The number of hydrogen-bond acceptors (Lipinski definition) is 5. The Morgan fingerprint density at radius 3 is 2.62 bits per heavy atom. The average Bonchev–Trinajstić information content (AvgIpc) is 2.49. The lowest BCUT2D eigenvalue weighted by atomic mass is 10.2. The molecule has 0 spiro atoms. The van der Waals surface area contributed by atoms with E-state index in [-0.39, 0.29) is 11.4 Å². The van der Waals surface area contributed by atoms with E-state index in [1.807, 2.05) is 6.07 Å². The second-order valence-electron chi connectivity index (χ2n) is 4.31. The third-order valence-corrected chi connectivity index (χ3v) is 4.13. The maximum absolute atomic E-state index is 11.1. The van der Waals surface area contributed by atoms with Gasteiger partial charge in [-0.25, -0.2) is 4.98 Å². The molecule has 1 heterocycles. The standard InChI is InChI=1S/C15H10N2O3S/c18-12-6-1-2-7-14(12)21-13-8-9-16-15-10(13)4-3-5-11(15)17(19)20/h1-9,18H. The second-order valence-corrected chi connectivity index (χ2v) is 5.39. The van der Waals surface area contributed by atoms with Crippen LogP contribution in [0.1, 0.15) is 0 Å². The highest BCUT2D eigenvalue weighted by molar-refractivity contribution is 7.99. The maximum atomic E-state index is 11.1. The van der Waals surface area contributed by atoms with Gasteiger partial charge >= 0.3 is 0 Å². The Kier molecular flexibility index (Phi) is 3.45. The molecule has 0 saturated carbocycles. The number of rotatable bonds is 3. The zero-order valence-electron chi connectivity index (χ0n) is 10.8. The number of nitrogens with zero attached hydrogens (tertiary/aromatic N) is 2. The van der Waals surface area contributed by atoms with Crippen molar-refractivity contribution in [2.75, 3.05) is 0 Å². The summed E-state index contributed by atoms with van der Waals surface area (Å²) in [7, 11) is 0. The van der Waals surface area contributed by atoms with E-state index in [1.165, 1.54) is 24.0 Å². The van der Waals surface area contributed by atoms with E-state index in [2.05, 4.69) is 4.98 Å². The van der Waals surface area contributed by atoms with Gasteiger partial charge in [-0.3, -0.25) is 10.1 Å². The fraction of sp³-hybridized carbons (Fsp3) is 0. The van der Waals surface area contributed by atoms with Crippen molar-refractivity contribution >= 4 is 28.4 Å². The van der Waals surface area contributed by atoms with Crippen molar-refractivity contribution in [3.63, 3.8) is 0 Å². The number of nitro benzene ring substituents is 1. The summed E-state index contributed by atoms with van der Waals surface area (Å²) >= 11 is 1.35. The normalized spacial score (nSPS) is 10.7. The zero-order chi connectivity index (χ0) is 14.8. The summed E-state index contributed by atoms with van der Waals surface area (Å²) in [5, 5.41) is 21.6. The van der Waals surface area contributed by atoms with Crippen molar-refractivity contribution in [3.8, 4) is 5.75 Å². The Hall–Kier alpha value is -2.60. The number of para-hydroxylation sites is 2. The molecular formula is C15H10N2O3S. The number of aromatic hydroxyl groups is 1. The molecule has 3 rings (SSSR count). The number of benzene rings is 2. The Morgan fingerprint density at radius 2 is 1.86 bits per heavy atom. The molecule has 0 amide bonds. The van der Waals surface area contributed by atoms with Crippen molar-refractivity contribution in [1.29, 1.82) is 0 Å². The number of nitro groups is 1. The first-order valence-electron chi connectivity index (χ1n) is 6.15. The minimum absolute atomic E-state index is 0.0211. The van der Waals surface area contributed by atoms with Crippen molar-refractivity contribution < 1.29 is 10.0 Å². The molecule has 0 radical (unpaired) electrons. The molecule has 0 aliphatic rings. The number of hydrogen-bond donors (Lipinski definition) is 1. The molecule has 0 fully saturated rings. The minimum Gasteiger partial charge on any atom is -0.507 e. The number of pyridine rings is 1. The number of fused-ring (bicyclic) bond motifs is 1. The second kappa shape index (κ2) is 5.41. The average molecular weight is 298 g/mol. The van der Waals surface area contributed by atoms with Gasteiger partial charge in [-0.2, -0.15) is 0 Å². The van der Waals surface area contributed by atoms with Gasteiger partial charge in [0.1, 0.15) is 11.3 Å².